The standard InChI is InChI=1S/C15H24N4S/c1-9-14(10(2)19(6)18-9)11(16)7-13-17-12(8-20-13)15(3,4)5/h8,11H,7,16H2,1-6H3. The molecule has 0 aliphatic heterocycles. The van der Waals surface area contributed by atoms with Gasteiger partial charge in [-0.2, -0.15) is 5.10 Å². The number of nitrogens with two attached hydrogens (primary N) is 1. The average molecular weight is 292 g/mol. The van der Waals surface area contributed by atoms with Gasteiger partial charge in [0.2, 0.25) is 0 Å². The van der Waals surface area contributed by atoms with Gasteiger partial charge in [-0.3, -0.25) is 4.68 Å². The van der Waals surface area contributed by atoms with Crippen LogP contribution in [0.25, 0.3) is 0 Å². The van der Waals surface area contributed by atoms with E-state index in [2.05, 4.69) is 38.2 Å². The van der Waals surface area contributed by atoms with Crippen molar-refractivity contribution in [2.24, 2.45) is 12.8 Å². The van der Waals surface area contributed by atoms with Crippen LogP contribution in [0.3, 0.4) is 0 Å². The second kappa shape index (κ2) is 5.30. The zero-order valence-electron chi connectivity index (χ0n) is 13.2. The third kappa shape index (κ3) is 2.94. The summed E-state index contributed by atoms with van der Waals surface area (Å²) in [6, 6.07) is -0.0392. The minimum Gasteiger partial charge on any atom is -0.323 e. The lowest BCUT2D eigenvalue weighted by molar-refractivity contribution is 0.568. The Kier molecular flexibility index (Phi) is 4.02. The zero-order valence-corrected chi connectivity index (χ0v) is 14.0. The molecule has 0 saturated carbocycles. The van der Waals surface area contributed by atoms with E-state index in [0.29, 0.717) is 0 Å². The fourth-order valence-corrected chi connectivity index (χ4v) is 3.45. The molecule has 0 fully saturated rings. The van der Waals surface area contributed by atoms with Crippen LogP contribution in [0.1, 0.15) is 54.5 Å². The number of nitrogens with zero attached hydrogens (tertiary/aromatic N) is 3. The number of aryl methyl sites for hydroxylation is 2. The van der Waals surface area contributed by atoms with E-state index in [4.69, 9.17) is 10.7 Å². The maximum absolute atomic E-state index is 6.37. The lowest BCUT2D eigenvalue weighted by Crippen LogP contribution is -2.16. The van der Waals surface area contributed by atoms with Crippen LogP contribution in [0.2, 0.25) is 0 Å². The molecule has 4 nitrogen and oxygen atoms in total. The molecule has 1 atom stereocenters. The van der Waals surface area contributed by atoms with Crippen molar-refractivity contribution in [1.82, 2.24) is 14.8 Å². The third-order valence-electron chi connectivity index (χ3n) is 3.65. The highest BCUT2D eigenvalue weighted by atomic mass is 32.1. The van der Waals surface area contributed by atoms with Crippen molar-refractivity contribution in [2.75, 3.05) is 0 Å². The van der Waals surface area contributed by atoms with Crippen LogP contribution in [0.4, 0.5) is 0 Å². The molecule has 0 amide bonds. The van der Waals surface area contributed by atoms with Gasteiger partial charge in [0.1, 0.15) is 0 Å². The molecule has 2 aromatic rings. The maximum Gasteiger partial charge on any atom is 0.0947 e. The first-order valence-electron chi connectivity index (χ1n) is 6.90. The van der Waals surface area contributed by atoms with Crippen LogP contribution < -0.4 is 5.73 Å². The predicted molar refractivity (Wildman–Crippen MR) is 84.1 cm³/mol. The quantitative estimate of drug-likeness (QED) is 0.946. The first kappa shape index (κ1) is 15.2. The van der Waals surface area contributed by atoms with Crippen molar-refractivity contribution < 1.29 is 0 Å². The number of thiazole rings is 1. The molecule has 0 radical (unpaired) electrons. The second-order valence-electron chi connectivity index (χ2n) is 6.40. The summed E-state index contributed by atoms with van der Waals surface area (Å²) >= 11 is 1.70. The largest absolute Gasteiger partial charge is 0.323 e. The van der Waals surface area contributed by atoms with Crippen molar-refractivity contribution in [1.29, 1.82) is 0 Å². The molecule has 0 spiro atoms. The molecule has 110 valence electrons. The molecule has 20 heavy (non-hydrogen) atoms. The molecule has 2 aromatic heterocycles. The molecule has 2 N–H and O–H groups in total. The Bertz CT molecular complexity index is 604. The summed E-state index contributed by atoms with van der Waals surface area (Å²) in [5.74, 6) is 0. The SMILES string of the molecule is Cc1nn(C)c(C)c1C(N)Cc1nc(C(C)(C)C)cs1. The molecule has 0 saturated heterocycles. The van der Waals surface area contributed by atoms with Gasteiger partial charge in [-0.15, -0.1) is 11.3 Å². The van der Waals surface area contributed by atoms with Gasteiger partial charge in [0, 0.05) is 41.6 Å². The fraction of sp³-hybridized carbons (Fsp3) is 0.600. The normalized spacial score (nSPS) is 13.8. The van der Waals surface area contributed by atoms with E-state index < -0.39 is 0 Å². The third-order valence-corrected chi connectivity index (χ3v) is 4.52. The molecule has 1 unspecified atom stereocenters. The highest BCUT2D eigenvalue weighted by molar-refractivity contribution is 7.09. The fourth-order valence-electron chi connectivity index (χ4n) is 2.37. The van der Waals surface area contributed by atoms with Gasteiger partial charge in [-0.05, 0) is 13.8 Å². The molecule has 5 heteroatoms. The summed E-state index contributed by atoms with van der Waals surface area (Å²) in [4.78, 5) is 4.72. The summed E-state index contributed by atoms with van der Waals surface area (Å²) < 4.78 is 1.90. The van der Waals surface area contributed by atoms with Gasteiger partial charge in [-0.25, -0.2) is 4.98 Å². The Morgan fingerprint density at radius 2 is 2.00 bits per heavy atom. The molecule has 2 rings (SSSR count). The zero-order chi connectivity index (χ0) is 15.1. The van der Waals surface area contributed by atoms with Crippen molar-refractivity contribution in [3.63, 3.8) is 0 Å². The first-order valence-corrected chi connectivity index (χ1v) is 7.78. The number of rotatable bonds is 3. The predicted octanol–water partition coefficient (Wildman–Crippen LogP) is 3.03. The second-order valence-corrected chi connectivity index (χ2v) is 7.34. The van der Waals surface area contributed by atoms with E-state index in [9.17, 15) is 0 Å². The summed E-state index contributed by atoms with van der Waals surface area (Å²) in [5.41, 5.74) is 10.9. The maximum atomic E-state index is 6.37. The molecule has 0 bridgehead atoms. The van der Waals surface area contributed by atoms with E-state index >= 15 is 0 Å². The first-order chi connectivity index (χ1) is 9.20. The molecule has 0 aliphatic rings. The highest BCUT2D eigenvalue weighted by Crippen LogP contribution is 2.27. The van der Waals surface area contributed by atoms with Crippen molar-refractivity contribution in [3.8, 4) is 0 Å². The van der Waals surface area contributed by atoms with Crippen LogP contribution >= 0.6 is 11.3 Å². The summed E-state index contributed by atoms with van der Waals surface area (Å²) in [7, 11) is 1.96. The molecule has 0 aromatic carbocycles. The molecular formula is C15H24N4S. The van der Waals surface area contributed by atoms with Gasteiger partial charge in [-0.1, -0.05) is 20.8 Å². The Morgan fingerprint density at radius 3 is 2.45 bits per heavy atom. The minimum atomic E-state index is -0.0392. The van der Waals surface area contributed by atoms with Crippen LogP contribution in [-0.4, -0.2) is 14.8 Å². The monoisotopic (exact) mass is 292 g/mol. The van der Waals surface area contributed by atoms with E-state index in [1.807, 2.05) is 18.7 Å². The lowest BCUT2D eigenvalue weighted by atomic mass is 9.93. The highest BCUT2D eigenvalue weighted by Gasteiger charge is 2.21. The summed E-state index contributed by atoms with van der Waals surface area (Å²) in [5, 5.41) is 7.68. The molecule has 2 heterocycles. The van der Waals surface area contributed by atoms with Crippen LogP contribution in [0, 0.1) is 13.8 Å². The topological polar surface area (TPSA) is 56.7 Å². The minimum absolute atomic E-state index is 0.0392. The van der Waals surface area contributed by atoms with E-state index in [0.717, 1.165) is 34.1 Å². The Balaban J connectivity index is 2.20. The number of hydrogen-bond donors (Lipinski definition) is 1. The lowest BCUT2D eigenvalue weighted by Gasteiger charge is -2.14. The van der Waals surface area contributed by atoms with Gasteiger partial charge < -0.3 is 5.73 Å². The van der Waals surface area contributed by atoms with Crippen LogP contribution in [0.15, 0.2) is 5.38 Å². The van der Waals surface area contributed by atoms with E-state index in [1.54, 1.807) is 11.3 Å². The van der Waals surface area contributed by atoms with Gasteiger partial charge >= 0.3 is 0 Å². The average Bonchev–Trinajstić information content (AvgIpc) is 2.85. The summed E-state index contributed by atoms with van der Waals surface area (Å²) in [6.45, 7) is 10.6. The van der Waals surface area contributed by atoms with Crippen LogP contribution in [-0.2, 0) is 18.9 Å². The summed E-state index contributed by atoms with van der Waals surface area (Å²) in [6.07, 6.45) is 0.772. The van der Waals surface area contributed by atoms with Crippen molar-refractivity contribution in [3.05, 3.63) is 33.0 Å². The number of hydrogen-bond acceptors (Lipinski definition) is 4. The molecule has 0 aliphatic carbocycles. The smallest absolute Gasteiger partial charge is 0.0947 e. The Hall–Kier alpha value is -1.20. The van der Waals surface area contributed by atoms with Crippen molar-refractivity contribution >= 4 is 11.3 Å². The van der Waals surface area contributed by atoms with Crippen LogP contribution in [0.5, 0.6) is 0 Å². The van der Waals surface area contributed by atoms with E-state index in [-0.39, 0.29) is 11.5 Å². The van der Waals surface area contributed by atoms with Gasteiger partial charge in [0.25, 0.3) is 0 Å². The van der Waals surface area contributed by atoms with Gasteiger partial charge in [0.05, 0.1) is 16.4 Å². The van der Waals surface area contributed by atoms with Gasteiger partial charge in [0.15, 0.2) is 0 Å². The molecular weight excluding hydrogens is 268 g/mol. The van der Waals surface area contributed by atoms with Crippen molar-refractivity contribution in [2.45, 2.75) is 52.5 Å². The van der Waals surface area contributed by atoms with E-state index in [1.165, 1.54) is 0 Å². The number of aromatic nitrogens is 3. The Labute approximate surface area is 125 Å². The Morgan fingerprint density at radius 1 is 1.35 bits per heavy atom.